The van der Waals surface area contributed by atoms with Crippen molar-refractivity contribution in [3.63, 3.8) is 0 Å². The van der Waals surface area contributed by atoms with Gasteiger partial charge in [-0.2, -0.15) is 0 Å². The molecule has 0 aromatic heterocycles. The van der Waals surface area contributed by atoms with Crippen molar-refractivity contribution in [1.29, 1.82) is 0 Å². The second-order valence-corrected chi connectivity index (χ2v) is 6.78. The first-order chi connectivity index (χ1) is 13.2. The minimum atomic E-state index is -0.435. The summed E-state index contributed by atoms with van der Waals surface area (Å²) in [5, 5.41) is 3.38. The van der Waals surface area contributed by atoms with E-state index in [0.29, 0.717) is 11.5 Å². The van der Waals surface area contributed by atoms with E-state index in [9.17, 15) is 9.59 Å². The van der Waals surface area contributed by atoms with E-state index in [1.165, 1.54) is 13.2 Å². The quantitative estimate of drug-likeness (QED) is 0.481. The second-order valence-electron chi connectivity index (χ2n) is 6.78. The van der Waals surface area contributed by atoms with E-state index in [1.54, 1.807) is 6.08 Å². The lowest BCUT2D eigenvalue weighted by atomic mass is 9.75. The van der Waals surface area contributed by atoms with Crippen LogP contribution in [0.15, 0.2) is 60.7 Å². The summed E-state index contributed by atoms with van der Waals surface area (Å²) in [5.41, 5.74) is 2.44. The number of carbonyl (C=O) groups excluding carboxylic acids is 2. The molecule has 1 N–H and O–H groups in total. The molecule has 0 amide bonds. The number of nitrogens with one attached hydrogen (secondary N) is 1. The third-order valence-electron chi connectivity index (χ3n) is 5.12. The van der Waals surface area contributed by atoms with Crippen molar-refractivity contribution < 1.29 is 14.3 Å². The molecule has 4 nitrogen and oxygen atoms in total. The fourth-order valence-electron chi connectivity index (χ4n) is 3.74. The topological polar surface area (TPSA) is 55.4 Å². The molecule has 140 valence electrons. The minimum Gasteiger partial charge on any atom is -0.466 e. The Labute approximate surface area is 160 Å². The number of benzene rings is 2. The molecule has 27 heavy (non-hydrogen) atoms. The molecule has 0 spiro atoms. The molecule has 1 fully saturated rings. The molecular weight excluding hydrogens is 338 g/mol. The molecule has 4 heteroatoms. The predicted molar refractivity (Wildman–Crippen MR) is 107 cm³/mol. The van der Waals surface area contributed by atoms with Gasteiger partial charge in [-0.1, -0.05) is 54.6 Å². The number of hydrogen-bond donors (Lipinski definition) is 1. The summed E-state index contributed by atoms with van der Waals surface area (Å²) in [4.78, 5) is 25.1. The molecule has 1 atom stereocenters. The third-order valence-corrected chi connectivity index (χ3v) is 5.12. The van der Waals surface area contributed by atoms with Crippen molar-refractivity contribution in [3.8, 4) is 0 Å². The Hall–Kier alpha value is -2.72. The zero-order valence-electron chi connectivity index (χ0n) is 15.6. The van der Waals surface area contributed by atoms with Gasteiger partial charge in [0.2, 0.25) is 0 Å². The first-order valence-corrected chi connectivity index (χ1v) is 9.35. The van der Waals surface area contributed by atoms with Crippen molar-refractivity contribution in [2.75, 3.05) is 20.2 Å². The van der Waals surface area contributed by atoms with Crippen LogP contribution in [0.4, 0.5) is 0 Å². The van der Waals surface area contributed by atoms with E-state index in [1.807, 2.05) is 54.6 Å². The molecule has 1 saturated heterocycles. The first kappa shape index (κ1) is 19.1. The second kappa shape index (κ2) is 9.28. The van der Waals surface area contributed by atoms with Gasteiger partial charge in [0.25, 0.3) is 0 Å². The molecule has 2 aromatic carbocycles. The number of rotatable bonds is 6. The average Bonchev–Trinajstić information content (AvgIpc) is 2.74. The summed E-state index contributed by atoms with van der Waals surface area (Å²) in [6.45, 7) is 1.87. The SMILES string of the molecule is COC(=O)C=Cc1ccccc1C(=O)C(c1ccccc1)C1CCNCC1. The third kappa shape index (κ3) is 4.72. The number of Topliss-reactive ketones (excluding diaryl/α,β-unsaturated/α-hetero) is 1. The summed E-state index contributed by atoms with van der Waals surface area (Å²) in [7, 11) is 1.34. The fourth-order valence-corrected chi connectivity index (χ4v) is 3.74. The van der Waals surface area contributed by atoms with Crippen molar-refractivity contribution in [2.45, 2.75) is 18.8 Å². The zero-order valence-corrected chi connectivity index (χ0v) is 15.6. The maximum atomic E-state index is 13.6. The van der Waals surface area contributed by atoms with Crippen LogP contribution >= 0.6 is 0 Å². The normalized spacial score (nSPS) is 16.2. The first-order valence-electron chi connectivity index (χ1n) is 9.35. The van der Waals surface area contributed by atoms with Crippen LogP contribution in [-0.4, -0.2) is 32.0 Å². The van der Waals surface area contributed by atoms with E-state index in [-0.39, 0.29) is 11.7 Å². The standard InChI is InChI=1S/C23H25NO3/c1-27-21(25)12-11-17-7-5-6-10-20(17)23(26)22(18-8-3-2-4-9-18)19-13-15-24-16-14-19/h2-12,19,22,24H,13-16H2,1H3. The van der Waals surface area contributed by atoms with Crippen molar-refractivity contribution in [1.82, 2.24) is 5.32 Å². The molecule has 1 aliphatic rings. The Morgan fingerprint density at radius 2 is 1.70 bits per heavy atom. The van der Waals surface area contributed by atoms with Crippen LogP contribution in [-0.2, 0) is 9.53 Å². The van der Waals surface area contributed by atoms with Crippen LogP contribution in [0.25, 0.3) is 6.08 Å². The number of carbonyl (C=O) groups is 2. The van der Waals surface area contributed by atoms with Gasteiger partial charge in [-0.3, -0.25) is 4.79 Å². The number of methoxy groups -OCH3 is 1. The highest BCUT2D eigenvalue weighted by molar-refractivity contribution is 6.04. The van der Waals surface area contributed by atoms with Crippen LogP contribution in [0, 0.1) is 5.92 Å². The molecule has 0 aliphatic carbocycles. The average molecular weight is 363 g/mol. The Bertz CT molecular complexity index is 807. The summed E-state index contributed by atoms with van der Waals surface area (Å²) >= 11 is 0. The van der Waals surface area contributed by atoms with Crippen LogP contribution in [0.3, 0.4) is 0 Å². The highest BCUT2D eigenvalue weighted by Crippen LogP contribution is 2.35. The van der Waals surface area contributed by atoms with E-state index in [2.05, 4.69) is 10.1 Å². The molecule has 3 rings (SSSR count). The summed E-state index contributed by atoms with van der Waals surface area (Å²) in [5.74, 6) is -0.201. The number of ketones is 1. The minimum absolute atomic E-state index is 0.109. The van der Waals surface area contributed by atoms with Gasteiger partial charge in [0.1, 0.15) is 0 Å². The maximum absolute atomic E-state index is 13.6. The van der Waals surface area contributed by atoms with Crippen LogP contribution in [0.2, 0.25) is 0 Å². The number of esters is 1. The van der Waals surface area contributed by atoms with E-state index in [4.69, 9.17) is 0 Å². The zero-order chi connectivity index (χ0) is 19.1. The Balaban J connectivity index is 1.97. The molecule has 2 aromatic rings. The van der Waals surface area contributed by atoms with Gasteiger partial charge in [0.15, 0.2) is 5.78 Å². The van der Waals surface area contributed by atoms with Crippen LogP contribution in [0.5, 0.6) is 0 Å². The maximum Gasteiger partial charge on any atom is 0.330 e. The van der Waals surface area contributed by atoms with Gasteiger partial charge in [0.05, 0.1) is 13.0 Å². The van der Waals surface area contributed by atoms with Crippen molar-refractivity contribution in [2.24, 2.45) is 5.92 Å². The number of ether oxygens (including phenoxy) is 1. The summed E-state index contributed by atoms with van der Waals surface area (Å²) in [6.07, 6.45) is 4.97. The van der Waals surface area contributed by atoms with Gasteiger partial charge < -0.3 is 10.1 Å². The molecule has 0 saturated carbocycles. The lowest BCUT2D eigenvalue weighted by Crippen LogP contribution is -2.33. The van der Waals surface area contributed by atoms with Gasteiger partial charge in [-0.15, -0.1) is 0 Å². The molecule has 0 bridgehead atoms. The van der Waals surface area contributed by atoms with Crippen LogP contribution < -0.4 is 5.32 Å². The Morgan fingerprint density at radius 1 is 1.04 bits per heavy atom. The smallest absolute Gasteiger partial charge is 0.330 e. The summed E-state index contributed by atoms with van der Waals surface area (Å²) < 4.78 is 4.67. The van der Waals surface area contributed by atoms with Gasteiger partial charge in [0, 0.05) is 11.6 Å². The van der Waals surface area contributed by atoms with Gasteiger partial charge >= 0.3 is 5.97 Å². The van der Waals surface area contributed by atoms with Gasteiger partial charge in [-0.05, 0) is 49.1 Å². The molecule has 1 unspecified atom stereocenters. The molecule has 1 heterocycles. The van der Waals surface area contributed by atoms with Crippen molar-refractivity contribution >= 4 is 17.8 Å². The Morgan fingerprint density at radius 3 is 2.41 bits per heavy atom. The molecule has 1 aliphatic heterocycles. The number of hydrogen-bond acceptors (Lipinski definition) is 4. The predicted octanol–water partition coefficient (Wildman–Crippen LogP) is 3.84. The number of piperidine rings is 1. The van der Waals surface area contributed by atoms with Gasteiger partial charge in [-0.25, -0.2) is 4.79 Å². The van der Waals surface area contributed by atoms with E-state index < -0.39 is 5.97 Å². The molecule has 0 radical (unpaired) electrons. The van der Waals surface area contributed by atoms with Crippen molar-refractivity contribution in [3.05, 3.63) is 77.4 Å². The highest BCUT2D eigenvalue weighted by Gasteiger charge is 2.32. The largest absolute Gasteiger partial charge is 0.466 e. The Kier molecular flexibility index (Phi) is 6.55. The lowest BCUT2D eigenvalue weighted by Gasteiger charge is -2.30. The lowest BCUT2D eigenvalue weighted by molar-refractivity contribution is -0.134. The monoisotopic (exact) mass is 363 g/mol. The van der Waals surface area contributed by atoms with E-state index in [0.717, 1.165) is 37.1 Å². The van der Waals surface area contributed by atoms with Crippen LogP contribution in [0.1, 0.15) is 40.2 Å². The fraction of sp³-hybridized carbons (Fsp3) is 0.304. The highest BCUT2D eigenvalue weighted by atomic mass is 16.5. The molecular formula is C23H25NO3. The van der Waals surface area contributed by atoms with E-state index >= 15 is 0 Å². The summed E-state index contributed by atoms with van der Waals surface area (Å²) in [6, 6.07) is 17.5.